The van der Waals surface area contributed by atoms with Crippen LogP contribution in [0.1, 0.15) is 47.7 Å². The van der Waals surface area contributed by atoms with Gasteiger partial charge in [-0.2, -0.15) is 0 Å². The van der Waals surface area contributed by atoms with Crippen LogP contribution in [0.25, 0.3) is 11.0 Å². The lowest BCUT2D eigenvalue weighted by molar-refractivity contribution is 0.0937. The summed E-state index contributed by atoms with van der Waals surface area (Å²) in [7, 11) is 0. The van der Waals surface area contributed by atoms with Gasteiger partial charge >= 0.3 is 0 Å². The average molecular weight is 404 g/mol. The van der Waals surface area contributed by atoms with E-state index in [0.29, 0.717) is 10.6 Å². The van der Waals surface area contributed by atoms with E-state index in [1.54, 1.807) is 24.3 Å². The topological polar surface area (TPSA) is 46.9 Å². The molecule has 0 bridgehead atoms. The van der Waals surface area contributed by atoms with Crippen LogP contribution in [-0.2, 0) is 0 Å². The predicted molar refractivity (Wildman–Crippen MR) is 117 cm³/mol. The normalized spacial score (nSPS) is 13.2. The van der Waals surface area contributed by atoms with Crippen molar-refractivity contribution in [1.82, 2.24) is 14.9 Å². The van der Waals surface area contributed by atoms with Crippen molar-refractivity contribution >= 4 is 28.5 Å². The van der Waals surface area contributed by atoms with Crippen LogP contribution in [0.3, 0.4) is 0 Å². The van der Waals surface area contributed by atoms with Crippen molar-refractivity contribution in [2.24, 2.45) is 0 Å². The fourth-order valence-electron chi connectivity index (χ4n) is 3.60. The van der Waals surface area contributed by atoms with E-state index in [9.17, 15) is 4.79 Å². The van der Waals surface area contributed by atoms with Crippen LogP contribution in [-0.4, -0.2) is 15.5 Å². The number of benzene rings is 3. The molecule has 4 nitrogen and oxygen atoms in total. The zero-order chi connectivity index (χ0) is 20.4. The van der Waals surface area contributed by atoms with Crippen molar-refractivity contribution in [1.29, 1.82) is 0 Å². The minimum Gasteiger partial charge on any atom is -0.342 e. The number of fused-ring (bicyclic) bond motifs is 1. The number of nitrogens with one attached hydrogen (secondary N) is 1. The third-order valence-corrected chi connectivity index (χ3v) is 5.39. The van der Waals surface area contributed by atoms with E-state index >= 15 is 0 Å². The first kappa shape index (κ1) is 19.2. The van der Waals surface area contributed by atoms with Crippen molar-refractivity contribution < 1.29 is 4.79 Å². The molecule has 0 aliphatic rings. The lowest BCUT2D eigenvalue weighted by Crippen LogP contribution is -2.29. The molecule has 0 fully saturated rings. The summed E-state index contributed by atoms with van der Waals surface area (Å²) in [6.07, 6.45) is 0. The third-order valence-electron chi connectivity index (χ3n) is 5.13. The fourth-order valence-corrected chi connectivity index (χ4v) is 3.73. The Hall–Kier alpha value is -3.11. The number of hydrogen-bond acceptors (Lipinski definition) is 2. The van der Waals surface area contributed by atoms with Gasteiger partial charge in [-0.1, -0.05) is 54.1 Å². The Morgan fingerprint density at radius 1 is 0.931 bits per heavy atom. The molecule has 1 N–H and O–H groups in total. The van der Waals surface area contributed by atoms with Crippen LogP contribution in [0.2, 0.25) is 5.02 Å². The molecule has 0 spiro atoms. The molecule has 0 aliphatic heterocycles. The summed E-state index contributed by atoms with van der Waals surface area (Å²) in [6.45, 7) is 4.12. The SMILES string of the molecule is CC(NC(=O)c1ccc(Cl)cc1)c1nc2ccccc2n1C(C)c1ccccc1. The summed E-state index contributed by atoms with van der Waals surface area (Å²) in [5, 5.41) is 3.68. The highest BCUT2D eigenvalue weighted by molar-refractivity contribution is 6.30. The summed E-state index contributed by atoms with van der Waals surface area (Å²) >= 11 is 5.93. The van der Waals surface area contributed by atoms with Gasteiger partial charge in [-0.25, -0.2) is 4.98 Å². The zero-order valence-corrected chi connectivity index (χ0v) is 17.1. The van der Waals surface area contributed by atoms with Crippen LogP contribution in [0, 0.1) is 0 Å². The Labute approximate surface area is 175 Å². The molecule has 1 amide bonds. The first-order chi connectivity index (χ1) is 14.0. The molecule has 4 aromatic rings. The van der Waals surface area contributed by atoms with Gasteiger partial charge in [0.25, 0.3) is 5.91 Å². The Balaban J connectivity index is 1.71. The molecule has 5 heteroatoms. The number of amides is 1. The van der Waals surface area contributed by atoms with Crippen LogP contribution >= 0.6 is 11.6 Å². The summed E-state index contributed by atoms with van der Waals surface area (Å²) in [5.41, 5.74) is 3.72. The van der Waals surface area contributed by atoms with Crippen LogP contribution in [0.5, 0.6) is 0 Å². The van der Waals surface area contributed by atoms with Crippen LogP contribution < -0.4 is 5.32 Å². The molecule has 0 radical (unpaired) electrons. The van der Waals surface area contributed by atoms with Gasteiger partial charge in [-0.3, -0.25) is 4.79 Å². The third kappa shape index (κ3) is 3.89. The smallest absolute Gasteiger partial charge is 0.251 e. The van der Waals surface area contributed by atoms with Crippen molar-refractivity contribution in [3.8, 4) is 0 Å². The minimum atomic E-state index is -0.267. The van der Waals surface area contributed by atoms with E-state index in [0.717, 1.165) is 16.9 Å². The quantitative estimate of drug-likeness (QED) is 0.458. The maximum Gasteiger partial charge on any atom is 0.251 e. The second-order valence-corrected chi connectivity index (χ2v) is 7.55. The Morgan fingerprint density at radius 3 is 2.31 bits per heavy atom. The lowest BCUT2D eigenvalue weighted by Gasteiger charge is -2.22. The highest BCUT2D eigenvalue weighted by Gasteiger charge is 2.22. The van der Waals surface area contributed by atoms with Crippen molar-refractivity contribution in [3.63, 3.8) is 0 Å². The van der Waals surface area contributed by atoms with Crippen LogP contribution in [0.4, 0.5) is 0 Å². The highest BCUT2D eigenvalue weighted by Crippen LogP contribution is 2.29. The first-order valence-corrected chi connectivity index (χ1v) is 10.0. The maximum atomic E-state index is 12.7. The zero-order valence-electron chi connectivity index (χ0n) is 16.3. The standard InChI is InChI=1S/C24H22ClN3O/c1-16(26-24(29)19-12-14-20(25)15-13-19)23-27-21-10-6-7-11-22(21)28(23)17(2)18-8-4-3-5-9-18/h3-17H,1-2H3,(H,26,29). The number of carbonyl (C=O) groups is 1. The van der Waals surface area contributed by atoms with Gasteiger partial charge in [0, 0.05) is 10.6 Å². The summed E-state index contributed by atoms with van der Waals surface area (Å²) in [6, 6.07) is 25.1. The number of carbonyl (C=O) groups excluding carboxylic acids is 1. The second-order valence-electron chi connectivity index (χ2n) is 7.12. The number of para-hydroxylation sites is 2. The molecule has 3 aromatic carbocycles. The van der Waals surface area contributed by atoms with Crippen molar-refractivity contribution in [3.05, 3.63) is 101 Å². The Bertz CT molecular complexity index is 1140. The predicted octanol–water partition coefficient (Wildman–Crippen LogP) is 5.79. The van der Waals surface area contributed by atoms with E-state index in [-0.39, 0.29) is 18.0 Å². The van der Waals surface area contributed by atoms with E-state index in [2.05, 4.69) is 35.0 Å². The van der Waals surface area contributed by atoms with Gasteiger partial charge in [-0.05, 0) is 55.8 Å². The second kappa shape index (κ2) is 8.10. The molecule has 2 unspecified atom stereocenters. The van der Waals surface area contributed by atoms with Gasteiger partial charge in [0.15, 0.2) is 0 Å². The van der Waals surface area contributed by atoms with Crippen molar-refractivity contribution in [2.75, 3.05) is 0 Å². The highest BCUT2D eigenvalue weighted by atomic mass is 35.5. The van der Waals surface area contributed by atoms with Crippen molar-refractivity contribution in [2.45, 2.75) is 25.9 Å². The van der Waals surface area contributed by atoms with Gasteiger partial charge < -0.3 is 9.88 Å². The minimum absolute atomic E-state index is 0.0773. The van der Waals surface area contributed by atoms with E-state index in [1.807, 2.05) is 43.3 Å². The lowest BCUT2D eigenvalue weighted by atomic mass is 10.1. The molecule has 4 rings (SSSR count). The maximum absolute atomic E-state index is 12.7. The number of hydrogen-bond donors (Lipinski definition) is 1. The largest absolute Gasteiger partial charge is 0.342 e. The molecule has 2 atom stereocenters. The molecule has 1 heterocycles. The number of aromatic nitrogens is 2. The number of imidazole rings is 1. The molecular formula is C24H22ClN3O. The molecule has 29 heavy (non-hydrogen) atoms. The van der Waals surface area contributed by atoms with E-state index < -0.39 is 0 Å². The fraction of sp³-hybridized carbons (Fsp3) is 0.167. The van der Waals surface area contributed by atoms with Gasteiger partial charge in [-0.15, -0.1) is 0 Å². The monoisotopic (exact) mass is 403 g/mol. The summed E-state index contributed by atoms with van der Waals surface area (Å²) in [5.74, 6) is 0.671. The summed E-state index contributed by atoms with van der Waals surface area (Å²) < 4.78 is 2.21. The number of halogens is 1. The van der Waals surface area contributed by atoms with E-state index in [1.165, 1.54) is 5.56 Å². The number of nitrogens with zero attached hydrogens (tertiary/aromatic N) is 2. The Morgan fingerprint density at radius 2 is 1.59 bits per heavy atom. The first-order valence-electron chi connectivity index (χ1n) is 9.63. The molecule has 1 aromatic heterocycles. The average Bonchev–Trinajstić information content (AvgIpc) is 3.14. The molecule has 0 aliphatic carbocycles. The molecule has 0 saturated carbocycles. The van der Waals surface area contributed by atoms with Gasteiger partial charge in [0.2, 0.25) is 0 Å². The van der Waals surface area contributed by atoms with Crippen LogP contribution in [0.15, 0.2) is 78.9 Å². The molecular weight excluding hydrogens is 382 g/mol. The van der Waals surface area contributed by atoms with E-state index in [4.69, 9.17) is 16.6 Å². The molecule has 146 valence electrons. The molecule has 0 saturated heterocycles. The number of rotatable bonds is 5. The van der Waals surface area contributed by atoms with Gasteiger partial charge in [0.1, 0.15) is 5.82 Å². The Kier molecular flexibility index (Phi) is 5.36. The summed E-state index contributed by atoms with van der Waals surface area (Å²) in [4.78, 5) is 17.6. The van der Waals surface area contributed by atoms with Gasteiger partial charge in [0.05, 0.1) is 23.1 Å².